The van der Waals surface area contributed by atoms with E-state index in [0.717, 1.165) is 35.7 Å². The number of fused-ring (bicyclic) bond motifs is 3. The largest absolute Gasteiger partial charge is 0.376 e. The molecule has 1 fully saturated rings. The van der Waals surface area contributed by atoms with E-state index in [1.54, 1.807) is 0 Å². The Labute approximate surface area is 128 Å². The molecular weight excluding hydrogens is 276 g/mol. The third kappa shape index (κ3) is 2.35. The fourth-order valence-electron chi connectivity index (χ4n) is 3.12. The molecule has 2 N–H and O–H groups in total. The topological polar surface area (TPSA) is 54.1 Å². The van der Waals surface area contributed by atoms with Crippen molar-refractivity contribution in [2.75, 3.05) is 13.2 Å². The minimum absolute atomic E-state index is 0.0734. The lowest BCUT2D eigenvalue weighted by molar-refractivity contribution is 0.0854. The van der Waals surface area contributed by atoms with Gasteiger partial charge in [0.15, 0.2) is 0 Å². The summed E-state index contributed by atoms with van der Waals surface area (Å²) in [4.78, 5) is 15.5. The molecule has 1 saturated heterocycles. The first-order chi connectivity index (χ1) is 10.8. The molecule has 2 aromatic carbocycles. The molecule has 1 atom stereocenters. The number of H-pyrrole nitrogens is 1. The molecule has 1 unspecified atom stereocenters. The summed E-state index contributed by atoms with van der Waals surface area (Å²) in [5.74, 6) is -0.0734. The van der Waals surface area contributed by atoms with Gasteiger partial charge in [-0.1, -0.05) is 30.3 Å². The molecule has 0 spiro atoms. The molecule has 0 aliphatic carbocycles. The van der Waals surface area contributed by atoms with Crippen molar-refractivity contribution in [2.45, 2.75) is 18.9 Å². The number of carbonyl (C=O) groups is 1. The van der Waals surface area contributed by atoms with Crippen LogP contribution >= 0.6 is 0 Å². The van der Waals surface area contributed by atoms with Gasteiger partial charge >= 0.3 is 0 Å². The second kappa shape index (κ2) is 5.46. The Morgan fingerprint density at radius 2 is 2.14 bits per heavy atom. The van der Waals surface area contributed by atoms with Gasteiger partial charge in [0.05, 0.1) is 6.10 Å². The summed E-state index contributed by atoms with van der Waals surface area (Å²) >= 11 is 0. The van der Waals surface area contributed by atoms with Crippen molar-refractivity contribution in [2.24, 2.45) is 0 Å². The Kier molecular flexibility index (Phi) is 3.31. The summed E-state index contributed by atoms with van der Waals surface area (Å²) in [6, 6.07) is 14.2. The molecular formula is C18H18N2O2. The van der Waals surface area contributed by atoms with E-state index < -0.39 is 0 Å². The Morgan fingerprint density at radius 1 is 1.23 bits per heavy atom. The summed E-state index contributed by atoms with van der Waals surface area (Å²) in [6.45, 7) is 1.38. The lowest BCUT2D eigenvalue weighted by Crippen LogP contribution is -2.31. The van der Waals surface area contributed by atoms with Crippen LogP contribution in [-0.4, -0.2) is 30.1 Å². The normalized spacial score (nSPS) is 18.1. The van der Waals surface area contributed by atoms with Gasteiger partial charge in [0.25, 0.3) is 5.91 Å². The lowest BCUT2D eigenvalue weighted by atomic mass is 10.1. The van der Waals surface area contributed by atoms with Crippen molar-refractivity contribution in [3.8, 4) is 0 Å². The van der Waals surface area contributed by atoms with Crippen LogP contribution in [0.15, 0.2) is 42.5 Å². The van der Waals surface area contributed by atoms with Crippen molar-refractivity contribution >= 4 is 27.6 Å². The average Bonchev–Trinajstić information content (AvgIpc) is 3.21. The molecule has 0 radical (unpaired) electrons. The molecule has 112 valence electrons. The lowest BCUT2D eigenvalue weighted by Gasteiger charge is -2.09. The minimum Gasteiger partial charge on any atom is -0.376 e. The van der Waals surface area contributed by atoms with Crippen molar-refractivity contribution in [3.05, 3.63) is 48.2 Å². The van der Waals surface area contributed by atoms with E-state index in [4.69, 9.17) is 4.74 Å². The molecule has 4 heteroatoms. The number of aromatic nitrogens is 1. The summed E-state index contributed by atoms with van der Waals surface area (Å²) in [5, 5.41) is 6.38. The quantitative estimate of drug-likeness (QED) is 0.779. The van der Waals surface area contributed by atoms with Crippen molar-refractivity contribution in [1.29, 1.82) is 0 Å². The zero-order valence-corrected chi connectivity index (χ0v) is 12.3. The number of amides is 1. The predicted molar refractivity (Wildman–Crippen MR) is 87.1 cm³/mol. The number of aromatic amines is 1. The number of nitrogens with one attached hydrogen (secondary N) is 2. The van der Waals surface area contributed by atoms with Gasteiger partial charge in [0.2, 0.25) is 0 Å². The number of carbonyl (C=O) groups excluding carboxylic acids is 1. The van der Waals surface area contributed by atoms with Crippen LogP contribution in [0, 0.1) is 0 Å². The van der Waals surface area contributed by atoms with E-state index in [-0.39, 0.29) is 12.0 Å². The molecule has 1 aromatic heterocycles. The maximum absolute atomic E-state index is 12.3. The maximum Gasteiger partial charge on any atom is 0.267 e. The van der Waals surface area contributed by atoms with Gasteiger partial charge in [0.1, 0.15) is 5.69 Å². The molecule has 0 bridgehead atoms. The van der Waals surface area contributed by atoms with Crippen LogP contribution in [0.25, 0.3) is 21.7 Å². The molecule has 4 nitrogen and oxygen atoms in total. The Morgan fingerprint density at radius 3 is 3.00 bits per heavy atom. The highest BCUT2D eigenvalue weighted by Crippen LogP contribution is 2.25. The van der Waals surface area contributed by atoms with Gasteiger partial charge in [-0.3, -0.25) is 4.79 Å². The third-order valence-corrected chi connectivity index (χ3v) is 4.29. The van der Waals surface area contributed by atoms with Crippen LogP contribution in [-0.2, 0) is 4.74 Å². The molecule has 2 heterocycles. The van der Waals surface area contributed by atoms with E-state index in [2.05, 4.69) is 28.5 Å². The van der Waals surface area contributed by atoms with E-state index in [1.807, 2.05) is 24.3 Å². The first-order valence-electron chi connectivity index (χ1n) is 7.71. The Hall–Kier alpha value is -2.33. The molecule has 1 amide bonds. The second-order valence-electron chi connectivity index (χ2n) is 5.78. The zero-order valence-electron chi connectivity index (χ0n) is 12.3. The van der Waals surface area contributed by atoms with Gasteiger partial charge in [-0.2, -0.15) is 0 Å². The number of rotatable bonds is 3. The fourth-order valence-corrected chi connectivity index (χ4v) is 3.12. The van der Waals surface area contributed by atoms with Gasteiger partial charge in [-0.15, -0.1) is 0 Å². The monoisotopic (exact) mass is 294 g/mol. The van der Waals surface area contributed by atoms with Gasteiger partial charge in [-0.05, 0) is 35.7 Å². The van der Waals surface area contributed by atoms with Crippen LogP contribution in [0.5, 0.6) is 0 Å². The first-order valence-corrected chi connectivity index (χ1v) is 7.71. The van der Waals surface area contributed by atoms with Crippen LogP contribution in [0.1, 0.15) is 23.3 Å². The van der Waals surface area contributed by atoms with E-state index >= 15 is 0 Å². The highest BCUT2D eigenvalue weighted by Gasteiger charge is 2.17. The third-order valence-electron chi connectivity index (χ3n) is 4.29. The number of benzene rings is 2. The summed E-state index contributed by atoms with van der Waals surface area (Å²) in [7, 11) is 0. The molecule has 1 aliphatic heterocycles. The number of ether oxygens (including phenoxy) is 1. The molecule has 3 aromatic rings. The maximum atomic E-state index is 12.3. The van der Waals surface area contributed by atoms with Gasteiger partial charge in [0, 0.05) is 24.1 Å². The summed E-state index contributed by atoms with van der Waals surface area (Å²) in [6.07, 6.45) is 2.27. The van der Waals surface area contributed by atoms with Crippen LogP contribution in [0.3, 0.4) is 0 Å². The fraction of sp³-hybridized carbons (Fsp3) is 0.278. The zero-order chi connectivity index (χ0) is 14.9. The van der Waals surface area contributed by atoms with Crippen molar-refractivity contribution in [3.63, 3.8) is 0 Å². The molecule has 22 heavy (non-hydrogen) atoms. The average molecular weight is 294 g/mol. The molecule has 4 rings (SSSR count). The van der Waals surface area contributed by atoms with Gasteiger partial charge < -0.3 is 15.0 Å². The molecule has 1 aliphatic rings. The minimum atomic E-state index is -0.0734. The van der Waals surface area contributed by atoms with E-state index in [1.165, 1.54) is 5.39 Å². The number of hydrogen-bond donors (Lipinski definition) is 2. The summed E-state index contributed by atoms with van der Waals surface area (Å²) in [5.41, 5.74) is 1.59. The van der Waals surface area contributed by atoms with Crippen LogP contribution in [0.4, 0.5) is 0 Å². The predicted octanol–water partition coefficient (Wildman–Crippen LogP) is 3.23. The van der Waals surface area contributed by atoms with Crippen molar-refractivity contribution < 1.29 is 9.53 Å². The standard InChI is InChI=1S/C18H18N2O2/c21-18(19-11-13-5-3-9-22-13)17-10-15-14-6-2-1-4-12(14)7-8-16(15)20-17/h1-2,4,6-8,10,13,20H,3,5,9,11H2,(H,19,21). The highest BCUT2D eigenvalue weighted by molar-refractivity contribution is 6.09. The van der Waals surface area contributed by atoms with E-state index in [0.29, 0.717) is 12.2 Å². The number of hydrogen-bond acceptors (Lipinski definition) is 2. The Balaban J connectivity index is 1.61. The Bertz CT molecular complexity index is 831. The summed E-state index contributed by atoms with van der Waals surface area (Å²) < 4.78 is 5.53. The molecule has 0 saturated carbocycles. The van der Waals surface area contributed by atoms with Crippen LogP contribution in [0.2, 0.25) is 0 Å². The first kappa shape index (κ1) is 13.3. The van der Waals surface area contributed by atoms with Gasteiger partial charge in [-0.25, -0.2) is 0 Å². The smallest absolute Gasteiger partial charge is 0.267 e. The SMILES string of the molecule is O=C(NCC1CCCO1)c1cc2c(ccc3ccccc32)[nH]1. The van der Waals surface area contributed by atoms with E-state index in [9.17, 15) is 4.79 Å². The van der Waals surface area contributed by atoms with Crippen LogP contribution < -0.4 is 5.32 Å². The van der Waals surface area contributed by atoms with Crippen molar-refractivity contribution in [1.82, 2.24) is 10.3 Å². The highest BCUT2D eigenvalue weighted by atomic mass is 16.5. The second-order valence-corrected chi connectivity index (χ2v) is 5.78.